The monoisotopic (exact) mass is 403 g/mol. The Morgan fingerprint density at radius 2 is 2.14 bits per heavy atom. The second-order valence-electron chi connectivity index (χ2n) is 9.19. The summed E-state index contributed by atoms with van der Waals surface area (Å²) in [4.78, 5) is 15.2. The third-order valence-electron chi connectivity index (χ3n) is 6.10. The Hall–Kier alpha value is -1.88. The van der Waals surface area contributed by atoms with Crippen molar-refractivity contribution < 1.29 is 14.3 Å². The van der Waals surface area contributed by atoms with Gasteiger partial charge in [0.1, 0.15) is 0 Å². The zero-order chi connectivity index (χ0) is 21.1. The lowest BCUT2D eigenvalue weighted by Crippen LogP contribution is -2.45. The second-order valence-corrected chi connectivity index (χ2v) is 14.0. The highest BCUT2D eigenvalue weighted by molar-refractivity contribution is 6.74. The SMILES string of the molecule is CN(C(=O)O)[C@H](CN1CC[C@H](O[Si](C)(C)C(C)(C)C)C1)c1cccc(C#N)c1. The lowest BCUT2D eigenvalue weighted by molar-refractivity contribution is 0.121. The molecule has 0 radical (unpaired) electrons. The minimum atomic E-state index is -1.82. The molecule has 6 nitrogen and oxygen atoms in total. The van der Waals surface area contributed by atoms with Crippen molar-refractivity contribution in [3.05, 3.63) is 35.4 Å². The summed E-state index contributed by atoms with van der Waals surface area (Å²) < 4.78 is 6.55. The Morgan fingerprint density at radius 3 is 2.71 bits per heavy atom. The molecule has 1 aromatic rings. The fourth-order valence-corrected chi connectivity index (χ4v) is 4.68. The van der Waals surface area contributed by atoms with Gasteiger partial charge < -0.3 is 14.4 Å². The predicted molar refractivity (Wildman–Crippen MR) is 113 cm³/mol. The summed E-state index contributed by atoms with van der Waals surface area (Å²) in [5.74, 6) is 0. The number of hydrogen-bond acceptors (Lipinski definition) is 4. The molecule has 0 saturated carbocycles. The molecule has 1 amide bonds. The van der Waals surface area contributed by atoms with Gasteiger partial charge in [-0.2, -0.15) is 5.26 Å². The third kappa shape index (κ3) is 5.34. The summed E-state index contributed by atoms with van der Waals surface area (Å²) in [6.45, 7) is 13.6. The van der Waals surface area contributed by atoms with E-state index in [0.717, 1.165) is 25.1 Å². The average molecular weight is 404 g/mol. The smallest absolute Gasteiger partial charge is 0.407 e. The molecule has 2 atom stereocenters. The van der Waals surface area contributed by atoms with Crippen LogP contribution in [0, 0.1) is 11.3 Å². The Balaban J connectivity index is 2.11. The topological polar surface area (TPSA) is 76.8 Å². The van der Waals surface area contributed by atoms with E-state index < -0.39 is 14.4 Å². The summed E-state index contributed by atoms with van der Waals surface area (Å²) >= 11 is 0. The molecule has 0 bridgehead atoms. The Kier molecular flexibility index (Phi) is 6.91. The molecule has 1 heterocycles. The van der Waals surface area contributed by atoms with Crippen molar-refractivity contribution in [3.63, 3.8) is 0 Å². The van der Waals surface area contributed by atoms with Gasteiger partial charge in [0.15, 0.2) is 8.32 Å². The van der Waals surface area contributed by atoms with Gasteiger partial charge in [-0.3, -0.25) is 4.90 Å². The first-order valence-corrected chi connectivity index (χ1v) is 12.7. The molecule has 1 N–H and O–H groups in total. The van der Waals surface area contributed by atoms with E-state index in [-0.39, 0.29) is 17.2 Å². The fourth-order valence-electron chi connectivity index (χ4n) is 3.30. The molecular formula is C21H33N3O3Si. The van der Waals surface area contributed by atoms with Crippen LogP contribution in [-0.4, -0.2) is 62.1 Å². The second kappa shape index (κ2) is 8.64. The number of likely N-dealkylation sites (tertiary alicyclic amines) is 1. The number of benzene rings is 1. The van der Waals surface area contributed by atoms with Crippen molar-refractivity contribution in [2.45, 2.75) is 57.5 Å². The van der Waals surface area contributed by atoms with Crippen LogP contribution < -0.4 is 0 Å². The highest BCUT2D eigenvalue weighted by Crippen LogP contribution is 2.38. The normalized spacial score (nSPS) is 19.2. The maximum absolute atomic E-state index is 11.6. The molecule has 2 rings (SSSR count). The van der Waals surface area contributed by atoms with E-state index in [1.54, 1.807) is 19.2 Å². The number of carboxylic acid groups (broad SMARTS) is 1. The number of nitrogens with zero attached hydrogens (tertiary/aromatic N) is 3. The van der Waals surface area contributed by atoms with Crippen molar-refractivity contribution in [3.8, 4) is 6.07 Å². The molecule has 0 spiro atoms. The van der Waals surface area contributed by atoms with Gasteiger partial charge in [0.2, 0.25) is 0 Å². The number of amides is 1. The van der Waals surface area contributed by atoms with E-state index in [2.05, 4.69) is 44.8 Å². The van der Waals surface area contributed by atoms with Gasteiger partial charge in [-0.1, -0.05) is 32.9 Å². The van der Waals surface area contributed by atoms with Crippen LogP contribution in [0.5, 0.6) is 0 Å². The molecule has 1 aliphatic rings. The number of carbonyl (C=O) groups is 1. The first kappa shape index (κ1) is 22.4. The fraction of sp³-hybridized carbons (Fsp3) is 0.619. The highest BCUT2D eigenvalue weighted by Gasteiger charge is 2.40. The lowest BCUT2D eigenvalue weighted by Gasteiger charge is -2.38. The standard InChI is InChI=1S/C21H33N3O3Si/c1-21(2,3)28(5,6)27-18-10-11-24(14-18)15-19(23(4)20(25)26)17-9-7-8-16(12-17)13-22/h7-9,12,18-19H,10-11,14-15H2,1-6H3,(H,25,26)/t18-,19+/m0/s1. The Morgan fingerprint density at radius 1 is 1.46 bits per heavy atom. The van der Waals surface area contributed by atoms with Crippen LogP contribution in [0.2, 0.25) is 18.1 Å². The van der Waals surface area contributed by atoms with Gasteiger partial charge in [0, 0.05) is 26.7 Å². The van der Waals surface area contributed by atoms with E-state index in [1.807, 2.05) is 12.1 Å². The largest absolute Gasteiger partial charge is 0.465 e. The molecule has 1 aromatic carbocycles. The average Bonchev–Trinajstić information content (AvgIpc) is 3.04. The van der Waals surface area contributed by atoms with Crippen LogP contribution in [0.3, 0.4) is 0 Å². The first-order chi connectivity index (χ1) is 12.9. The Labute approximate surface area is 169 Å². The van der Waals surface area contributed by atoms with Crippen molar-refractivity contribution >= 4 is 14.4 Å². The van der Waals surface area contributed by atoms with E-state index in [1.165, 1.54) is 4.90 Å². The van der Waals surface area contributed by atoms with Crippen molar-refractivity contribution in [2.24, 2.45) is 0 Å². The van der Waals surface area contributed by atoms with Crippen molar-refractivity contribution in [1.29, 1.82) is 5.26 Å². The zero-order valence-electron chi connectivity index (χ0n) is 17.9. The summed E-state index contributed by atoms with van der Waals surface area (Å²) in [6, 6.07) is 9.03. The zero-order valence-corrected chi connectivity index (χ0v) is 18.9. The Bertz CT molecular complexity index is 739. The first-order valence-electron chi connectivity index (χ1n) is 9.80. The van der Waals surface area contributed by atoms with Gasteiger partial charge in [0.25, 0.3) is 0 Å². The predicted octanol–water partition coefficient (Wildman–Crippen LogP) is 4.31. The lowest BCUT2D eigenvalue weighted by atomic mass is 10.0. The van der Waals surface area contributed by atoms with Crippen LogP contribution in [0.15, 0.2) is 24.3 Å². The number of likely N-dealkylation sites (N-methyl/N-ethyl adjacent to an activating group) is 1. The van der Waals surface area contributed by atoms with Crippen molar-refractivity contribution in [2.75, 3.05) is 26.7 Å². The summed E-state index contributed by atoms with van der Waals surface area (Å²) in [7, 11) is -0.234. The maximum Gasteiger partial charge on any atom is 0.407 e. The van der Waals surface area contributed by atoms with E-state index in [9.17, 15) is 15.2 Å². The van der Waals surface area contributed by atoms with Crippen LogP contribution in [0.25, 0.3) is 0 Å². The van der Waals surface area contributed by atoms with E-state index in [4.69, 9.17) is 4.43 Å². The molecule has 0 unspecified atom stereocenters. The molecule has 1 fully saturated rings. The van der Waals surface area contributed by atoms with Gasteiger partial charge in [0.05, 0.1) is 23.8 Å². The number of rotatable bonds is 6. The quantitative estimate of drug-likeness (QED) is 0.716. The molecular weight excluding hydrogens is 370 g/mol. The molecule has 154 valence electrons. The van der Waals surface area contributed by atoms with E-state index >= 15 is 0 Å². The number of nitriles is 1. The van der Waals surface area contributed by atoms with Crippen LogP contribution in [-0.2, 0) is 4.43 Å². The van der Waals surface area contributed by atoms with Crippen LogP contribution in [0.1, 0.15) is 44.4 Å². The van der Waals surface area contributed by atoms with Crippen LogP contribution in [0.4, 0.5) is 4.79 Å². The van der Waals surface area contributed by atoms with Gasteiger partial charge in [-0.05, 0) is 42.2 Å². The molecule has 28 heavy (non-hydrogen) atoms. The summed E-state index contributed by atoms with van der Waals surface area (Å²) in [6.07, 6.45) is 0.191. The molecule has 1 aliphatic heterocycles. The summed E-state index contributed by atoms with van der Waals surface area (Å²) in [5.41, 5.74) is 1.39. The van der Waals surface area contributed by atoms with Crippen molar-refractivity contribution in [1.82, 2.24) is 9.80 Å². The molecule has 0 aliphatic carbocycles. The van der Waals surface area contributed by atoms with Gasteiger partial charge in [-0.15, -0.1) is 0 Å². The third-order valence-corrected chi connectivity index (χ3v) is 10.6. The number of hydrogen-bond donors (Lipinski definition) is 1. The summed E-state index contributed by atoms with van der Waals surface area (Å²) in [5, 5.41) is 18.9. The van der Waals surface area contributed by atoms with E-state index in [0.29, 0.717) is 12.1 Å². The van der Waals surface area contributed by atoms with Gasteiger partial charge >= 0.3 is 6.09 Å². The minimum absolute atomic E-state index is 0.171. The van der Waals surface area contributed by atoms with Gasteiger partial charge in [-0.25, -0.2) is 4.79 Å². The molecule has 1 saturated heterocycles. The molecule has 0 aromatic heterocycles. The maximum atomic E-state index is 11.6. The highest BCUT2D eigenvalue weighted by atomic mass is 28.4. The van der Waals surface area contributed by atoms with Crippen LogP contribution >= 0.6 is 0 Å². The minimum Gasteiger partial charge on any atom is -0.465 e. The molecule has 7 heteroatoms.